The third-order valence-electron chi connectivity index (χ3n) is 24.5. The zero-order chi connectivity index (χ0) is 101. The SMILES string of the molecule is CCCCC[C@H]1C(=O)N(C)[C@@H](CCCC)C(=O)N[C@@H](CCCNC(=N)N)C(=O)N[C@H](C(=O)NCC(N)=O)CSCC(=O)N[C@@H](Cc2ccc(O)cc2)C(=O)N(C)[C@@H](C)C(=O)N[C@@H](CC(N)=O)C(=O)N2CCC[C@H]2C(=O)N[C@@H](Cc2cnc[nH]2)C(=O)N[C@@H](CCC(=O)O)C(=O)N2C[C@H](O)C[C@H]2C(=O)N[C@@H](Cc2c[nH]c3ccccc23)C(=O)N[C@@H](CO)C(=O)N[C@@H](Cc2c[nH]c3ccccc23)C(=O)N1C. The number of hydrogen-bond acceptors (Lipinski definition) is 24. The molecular weight excluding hydrogens is 1810 g/mol. The van der Waals surface area contributed by atoms with Crippen molar-refractivity contribution in [3.8, 4) is 5.75 Å². The van der Waals surface area contributed by atoms with Crippen LogP contribution in [0.25, 0.3) is 21.8 Å². The van der Waals surface area contributed by atoms with Gasteiger partial charge in [-0.2, -0.15) is 0 Å². The minimum atomic E-state index is -1.94. The fraction of sp³-hybridized carbons (Fsp3) is 0.516. The van der Waals surface area contributed by atoms with Crippen LogP contribution < -0.4 is 75.7 Å². The van der Waals surface area contributed by atoms with Crippen molar-refractivity contribution in [2.45, 2.75) is 233 Å². The van der Waals surface area contributed by atoms with Gasteiger partial charge in [-0.15, -0.1) is 11.8 Å². The number of nitrogens with zero attached hydrogens (tertiary/aromatic N) is 6. The molecule has 46 nitrogen and oxygen atoms in total. The Hall–Kier alpha value is -14.3. The highest BCUT2D eigenvalue weighted by atomic mass is 32.2. The molecule has 0 unspecified atom stereocenters. The van der Waals surface area contributed by atoms with Gasteiger partial charge in [-0.25, -0.2) is 4.98 Å². The number of carboxylic acids is 1. The van der Waals surface area contributed by atoms with E-state index in [-0.39, 0.29) is 82.3 Å². The summed E-state index contributed by atoms with van der Waals surface area (Å²) in [6.45, 7) is 2.27. The number of hydrogen-bond donors (Lipinski definition) is 22. The molecule has 25 N–H and O–H groups in total. The number of fused-ring (bicyclic) bond motifs is 4. The number of para-hydroxylation sites is 2. The van der Waals surface area contributed by atoms with E-state index in [2.05, 4.69) is 78.4 Å². The van der Waals surface area contributed by atoms with Crippen molar-refractivity contribution >= 4 is 146 Å². The molecule has 3 aliphatic rings. The molecule has 3 aromatic heterocycles. The van der Waals surface area contributed by atoms with Crippen LogP contribution in [-0.2, 0) is 112 Å². The quantitative estimate of drug-likeness (QED) is 0.0128. The molecular formula is C91H126N24O22S. The number of primary amides is 2. The molecule has 138 heavy (non-hydrogen) atoms. The van der Waals surface area contributed by atoms with Crippen LogP contribution in [0.15, 0.2) is 97.7 Å². The van der Waals surface area contributed by atoms with Crippen LogP contribution in [0.2, 0.25) is 0 Å². The Labute approximate surface area is 799 Å². The van der Waals surface area contributed by atoms with Crippen molar-refractivity contribution in [1.82, 2.24) is 103 Å². The van der Waals surface area contributed by atoms with Crippen LogP contribution in [-0.4, -0.2) is 333 Å². The standard InChI is InChI=1S/C91H126N24O22S/c1-7-9-11-24-71-90(137)112(5)69(23-10-8-2)83(130)103-60(22-16-32-97-91(94)95)79(126)110-68(78(125)100-43-74(93)120)46-138-47-75(121)102-64(34-50-26-28-54(117)29-27-50)86(133)111(4)49(3)77(124)107-66(39-73(92)119)89(136)114-33-17-25-70(114)84(131)106-63(37-53-42-96-48-101-53)81(128)104-61(30-31-76(122)123)88(135)115-44-55(118)38-72(115)85(132)105-62(35-51-40-98-58-20-14-12-18-56(51)58)80(127)109-67(45-116)82(129)108-65(87(134)113(71)6)36-52-41-99-59-21-15-13-19-57(52)59/h12-15,18-21,26-29,40-42,48-49,55,60-72,98-99,116-118H,7-11,16-17,22-25,30-39,43-47H2,1-6H3,(H2,92,119)(H2,93,120)(H,96,101)(H,100,125)(H,102,121)(H,103,130)(H,104,128)(H,105,132)(H,106,131)(H,107,124)(H,108,129)(H,109,127)(H,110,126)(H,122,123)(H4,94,95,97)/t49-,55+,60-,61-,62-,63-,64-,65-,66-,67-,68-,69-,70-,71-,72-/m0/s1. The Kier molecular flexibility index (Phi) is 40.2. The molecule has 0 aliphatic carbocycles. The van der Waals surface area contributed by atoms with Crippen molar-refractivity contribution in [3.63, 3.8) is 0 Å². The zero-order valence-corrected chi connectivity index (χ0v) is 78.6. The van der Waals surface area contributed by atoms with Crippen LogP contribution in [0.5, 0.6) is 5.75 Å². The molecule has 9 rings (SSSR count). The summed E-state index contributed by atoms with van der Waals surface area (Å²) in [5.41, 5.74) is 19.5. The maximum atomic E-state index is 15.8. The van der Waals surface area contributed by atoms with E-state index in [4.69, 9.17) is 22.6 Å². The average molecular weight is 1940 g/mol. The number of aromatic hydroxyl groups is 1. The summed E-state index contributed by atoms with van der Waals surface area (Å²) in [6.07, 6.45) is 2.06. The highest BCUT2D eigenvalue weighted by molar-refractivity contribution is 8.00. The lowest BCUT2D eigenvalue weighted by Crippen LogP contribution is -2.62. The van der Waals surface area contributed by atoms with E-state index in [0.29, 0.717) is 70.6 Å². The predicted octanol–water partition coefficient (Wildman–Crippen LogP) is -3.72. The van der Waals surface area contributed by atoms with E-state index in [1.54, 1.807) is 60.9 Å². The molecule has 0 bridgehead atoms. The van der Waals surface area contributed by atoms with Gasteiger partial charge < -0.3 is 136 Å². The lowest BCUT2D eigenvalue weighted by Gasteiger charge is -2.36. The first-order valence-electron chi connectivity index (χ1n) is 45.8. The molecule has 6 heterocycles. The summed E-state index contributed by atoms with van der Waals surface area (Å²) in [4.78, 5) is 281. The number of aromatic amines is 3. The van der Waals surface area contributed by atoms with Gasteiger partial charge in [0, 0.05) is 131 Å². The van der Waals surface area contributed by atoms with Crippen LogP contribution in [0.4, 0.5) is 0 Å². The number of carbonyl (C=O) groups excluding carboxylic acids is 17. The first-order chi connectivity index (χ1) is 65.8. The topological polar surface area (TPSA) is 699 Å². The monoisotopic (exact) mass is 1940 g/mol. The number of aliphatic hydroxyl groups is 2. The number of aliphatic carboxylic acids is 1. The van der Waals surface area contributed by atoms with E-state index < -0.39 is 266 Å². The molecule has 0 saturated carbocycles. The summed E-state index contributed by atoms with van der Waals surface area (Å²) in [6, 6.07) is -3.62. The Morgan fingerprint density at radius 3 is 1.70 bits per heavy atom. The maximum Gasteiger partial charge on any atom is 0.303 e. The van der Waals surface area contributed by atoms with E-state index in [1.165, 1.54) is 64.9 Å². The number of phenolic OH excluding ortho intramolecular Hbond substituents is 1. The number of likely N-dealkylation sites (N-methyl/N-ethyl adjacent to an activating group) is 3. The number of H-pyrrole nitrogens is 3. The van der Waals surface area contributed by atoms with Gasteiger partial charge in [0.15, 0.2) is 5.96 Å². The van der Waals surface area contributed by atoms with Crippen LogP contribution in [0.3, 0.4) is 0 Å². The molecule has 3 aliphatic heterocycles. The minimum absolute atomic E-state index is 0.0212. The Balaban J connectivity index is 1.11. The van der Waals surface area contributed by atoms with E-state index in [0.717, 1.165) is 36.3 Å². The lowest BCUT2D eigenvalue weighted by atomic mass is 9.99. The Morgan fingerprint density at radius 1 is 0.536 bits per heavy atom. The van der Waals surface area contributed by atoms with Gasteiger partial charge in [0.1, 0.15) is 90.3 Å². The van der Waals surface area contributed by atoms with E-state index in [1.807, 2.05) is 13.8 Å². The Bertz CT molecular complexity index is 5350. The van der Waals surface area contributed by atoms with Crippen molar-refractivity contribution in [2.24, 2.45) is 17.2 Å². The van der Waals surface area contributed by atoms with Crippen molar-refractivity contribution in [1.29, 1.82) is 5.41 Å². The summed E-state index contributed by atoms with van der Waals surface area (Å²) in [5.74, 6) is -20.2. The van der Waals surface area contributed by atoms with Gasteiger partial charge in [0.2, 0.25) is 100 Å². The second-order valence-electron chi connectivity index (χ2n) is 34.6. The normalized spacial score (nSPS) is 24.4. The highest BCUT2D eigenvalue weighted by Gasteiger charge is 2.47. The van der Waals surface area contributed by atoms with Crippen molar-refractivity contribution in [3.05, 3.63) is 120 Å². The number of carboxylic acid groups (broad SMARTS) is 1. The van der Waals surface area contributed by atoms with Crippen LogP contribution in [0.1, 0.15) is 139 Å². The maximum absolute atomic E-state index is 15.8. The first kappa shape index (κ1) is 107. The number of unbranched alkanes of at least 4 members (excludes halogenated alkanes) is 3. The number of rotatable bonds is 28. The Morgan fingerprint density at radius 2 is 1.09 bits per heavy atom. The third-order valence-corrected chi connectivity index (χ3v) is 25.5. The number of nitrogens with one attached hydrogen (secondary N) is 15. The van der Waals surface area contributed by atoms with Crippen molar-refractivity contribution in [2.75, 3.05) is 65.4 Å². The second-order valence-corrected chi connectivity index (χ2v) is 35.7. The fourth-order valence-corrected chi connectivity index (χ4v) is 17.7. The molecule has 47 heteroatoms. The molecule has 3 saturated heterocycles. The third kappa shape index (κ3) is 30.1. The number of amides is 17. The van der Waals surface area contributed by atoms with Crippen LogP contribution in [0, 0.1) is 5.41 Å². The van der Waals surface area contributed by atoms with Gasteiger partial charge in [-0.3, -0.25) is 91.7 Å². The largest absolute Gasteiger partial charge is 0.508 e. The molecule has 0 spiro atoms. The highest BCUT2D eigenvalue weighted by Crippen LogP contribution is 2.28. The van der Waals surface area contributed by atoms with E-state index in [9.17, 15) is 68.4 Å². The first-order valence-corrected chi connectivity index (χ1v) is 46.9. The number of benzene rings is 3. The van der Waals surface area contributed by atoms with Gasteiger partial charge >= 0.3 is 5.97 Å². The van der Waals surface area contributed by atoms with Gasteiger partial charge in [-0.1, -0.05) is 94.5 Å². The number of thioether (sulfide) groups is 1. The van der Waals surface area contributed by atoms with Gasteiger partial charge in [0.05, 0.1) is 37.8 Å². The number of imidazole rings is 1. The number of guanidine groups is 1. The van der Waals surface area contributed by atoms with Crippen molar-refractivity contribution < 1.29 is 107 Å². The summed E-state index contributed by atoms with van der Waals surface area (Å²) >= 11 is 0.746. The molecule has 3 aromatic carbocycles. The fourth-order valence-electron chi connectivity index (χ4n) is 16.8. The minimum Gasteiger partial charge on any atom is -0.508 e. The number of aromatic nitrogens is 4. The molecule has 15 atom stereocenters. The summed E-state index contributed by atoms with van der Waals surface area (Å²) in [7, 11) is 3.86. The lowest BCUT2D eigenvalue weighted by molar-refractivity contribution is -0.149. The van der Waals surface area contributed by atoms with Gasteiger partial charge in [0.25, 0.3) is 0 Å². The van der Waals surface area contributed by atoms with E-state index >= 15 is 38.4 Å². The zero-order valence-electron chi connectivity index (χ0n) is 77.7. The molecule has 6 aromatic rings. The number of nitrogens with two attached hydrogens (primary N) is 3. The summed E-state index contributed by atoms with van der Waals surface area (Å²) < 4.78 is 0. The smallest absolute Gasteiger partial charge is 0.303 e. The average Bonchev–Trinajstić information content (AvgIpc) is 1.72. The summed E-state index contributed by atoms with van der Waals surface area (Å²) in [5, 5.41) is 80.6. The number of carbonyl (C=O) groups is 18. The molecule has 748 valence electrons. The van der Waals surface area contributed by atoms with Crippen LogP contribution >= 0.6 is 11.8 Å². The molecule has 0 radical (unpaired) electrons. The number of aliphatic hydroxyl groups excluding tert-OH is 2. The molecule has 3 fully saturated rings. The molecule has 17 amide bonds. The van der Waals surface area contributed by atoms with Gasteiger partial charge in [-0.05, 0) is 92.8 Å². The predicted molar refractivity (Wildman–Crippen MR) is 502 cm³/mol. The second kappa shape index (κ2) is 51.6. The number of phenols is 1.